The normalized spacial score (nSPS) is 9.75. The predicted octanol–water partition coefficient (Wildman–Crippen LogP) is 0.255. The lowest BCUT2D eigenvalue weighted by atomic mass is 10.3. The second kappa shape index (κ2) is 3.44. The standard InChI is InChI=1S/C7H10N4S/c1-2-6-10-4(7(9)12)3-5(8)11-6/h3H,2H2,1H3,(H2,9,12)(H2,8,10,11). The highest BCUT2D eigenvalue weighted by Crippen LogP contribution is 2.03. The smallest absolute Gasteiger partial charge is 0.131 e. The van der Waals surface area contributed by atoms with Crippen LogP contribution in [-0.2, 0) is 6.42 Å². The fraction of sp³-hybridized carbons (Fsp3) is 0.286. The molecule has 0 aromatic carbocycles. The van der Waals surface area contributed by atoms with Gasteiger partial charge in [0.05, 0.1) is 0 Å². The third kappa shape index (κ3) is 1.88. The third-order valence-corrected chi connectivity index (χ3v) is 1.57. The van der Waals surface area contributed by atoms with E-state index in [4.69, 9.17) is 23.7 Å². The largest absolute Gasteiger partial charge is 0.388 e. The predicted molar refractivity (Wildman–Crippen MR) is 51.7 cm³/mol. The molecule has 0 aliphatic rings. The first-order valence-electron chi connectivity index (χ1n) is 3.56. The van der Waals surface area contributed by atoms with E-state index in [0.29, 0.717) is 17.3 Å². The fourth-order valence-corrected chi connectivity index (χ4v) is 0.907. The third-order valence-electron chi connectivity index (χ3n) is 1.36. The quantitative estimate of drug-likeness (QED) is 0.641. The van der Waals surface area contributed by atoms with Crippen molar-refractivity contribution in [2.45, 2.75) is 13.3 Å². The average molecular weight is 182 g/mol. The number of rotatable bonds is 2. The molecule has 0 fully saturated rings. The maximum Gasteiger partial charge on any atom is 0.131 e. The number of anilines is 1. The van der Waals surface area contributed by atoms with Crippen LogP contribution in [0.5, 0.6) is 0 Å². The van der Waals surface area contributed by atoms with E-state index in [1.54, 1.807) is 6.07 Å². The summed E-state index contributed by atoms with van der Waals surface area (Å²) >= 11 is 4.76. The van der Waals surface area contributed by atoms with Gasteiger partial charge in [0.15, 0.2) is 0 Å². The molecule has 5 heteroatoms. The molecule has 0 radical (unpaired) electrons. The molecule has 12 heavy (non-hydrogen) atoms. The summed E-state index contributed by atoms with van der Waals surface area (Å²) in [4.78, 5) is 8.33. The Morgan fingerprint density at radius 3 is 2.75 bits per heavy atom. The van der Waals surface area contributed by atoms with E-state index >= 15 is 0 Å². The van der Waals surface area contributed by atoms with Gasteiger partial charge < -0.3 is 11.5 Å². The minimum absolute atomic E-state index is 0.249. The van der Waals surface area contributed by atoms with Gasteiger partial charge in [-0.25, -0.2) is 9.97 Å². The first-order chi connectivity index (χ1) is 5.63. The molecule has 0 aliphatic heterocycles. The zero-order valence-electron chi connectivity index (χ0n) is 6.74. The van der Waals surface area contributed by atoms with Crippen molar-refractivity contribution in [3.8, 4) is 0 Å². The van der Waals surface area contributed by atoms with Gasteiger partial charge in [0.1, 0.15) is 22.3 Å². The van der Waals surface area contributed by atoms with Crippen LogP contribution in [0.3, 0.4) is 0 Å². The van der Waals surface area contributed by atoms with Crippen LogP contribution in [0.2, 0.25) is 0 Å². The highest BCUT2D eigenvalue weighted by atomic mass is 32.1. The SMILES string of the molecule is CCc1nc(N)cc(C(N)=S)n1. The van der Waals surface area contributed by atoms with Crippen molar-refractivity contribution in [1.82, 2.24) is 9.97 Å². The van der Waals surface area contributed by atoms with Crippen molar-refractivity contribution in [3.63, 3.8) is 0 Å². The van der Waals surface area contributed by atoms with Crippen molar-refractivity contribution in [1.29, 1.82) is 0 Å². The van der Waals surface area contributed by atoms with E-state index < -0.39 is 0 Å². The lowest BCUT2D eigenvalue weighted by molar-refractivity contribution is 0.940. The van der Waals surface area contributed by atoms with Gasteiger partial charge in [0.2, 0.25) is 0 Å². The summed E-state index contributed by atoms with van der Waals surface area (Å²) in [7, 11) is 0. The first kappa shape index (κ1) is 8.86. The van der Waals surface area contributed by atoms with Gasteiger partial charge in [-0.2, -0.15) is 0 Å². The van der Waals surface area contributed by atoms with Gasteiger partial charge >= 0.3 is 0 Å². The Hall–Kier alpha value is -1.23. The number of hydrogen-bond acceptors (Lipinski definition) is 4. The van der Waals surface area contributed by atoms with Gasteiger partial charge in [0, 0.05) is 12.5 Å². The zero-order valence-corrected chi connectivity index (χ0v) is 7.56. The summed E-state index contributed by atoms with van der Waals surface area (Å²) in [5, 5.41) is 0. The average Bonchev–Trinajstić information content (AvgIpc) is 2.03. The molecule has 0 aliphatic carbocycles. The van der Waals surface area contributed by atoms with E-state index in [9.17, 15) is 0 Å². The van der Waals surface area contributed by atoms with Gasteiger partial charge in [-0.15, -0.1) is 0 Å². The summed E-state index contributed by atoms with van der Waals surface area (Å²) in [6.07, 6.45) is 0.723. The number of aryl methyl sites for hydroxylation is 1. The lowest BCUT2D eigenvalue weighted by Gasteiger charge is -2.01. The second-order valence-electron chi connectivity index (χ2n) is 2.31. The summed E-state index contributed by atoms with van der Waals surface area (Å²) in [6, 6.07) is 1.57. The van der Waals surface area contributed by atoms with E-state index in [1.165, 1.54) is 0 Å². The molecule has 0 spiro atoms. The van der Waals surface area contributed by atoms with Crippen molar-refractivity contribution in [2.24, 2.45) is 5.73 Å². The molecule has 0 unspecified atom stereocenters. The van der Waals surface area contributed by atoms with E-state index in [-0.39, 0.29) is 4.99 Å². The monoisotopic (exact) mass is 182 g/mol. The van der Waals surface area contributed by atoms with Crippen LogP contribution in [0.25, 0.3) is 0 Å². The van der Waals surface area contributed by atoms with E-state index in [2.05, 4.69) is 9.97 Å². The van der Waals surface area contributed by atoms with Crippen LogP contribution in [0.4, 0.5) is 5.82 Å². The van der Waals surface area contributed by atoms with E-state index in [0.717, 1.165) is 6.42 Å². The Labute approximate surface area is 76.0 Å². The molecular weight excluding hydrogens is 172 g/mol. The number of thiocarbonyl (C=S) groups is 1. The second-order valence-corrected chi connectivity index (χ2v) is 2.75. The Morgan fingerprint density at radius 2 is 2.25 bits per heavy atom. The van der Waals surface area contributed by atoms with Gasteiger partial charge in [-0.1, -0.05) is 19.1 Å². The number of hydrogen-bond donors (Lipinski definition) is 2. The number of nitrogens with two attached hydrogens (primary N) is 2. The van der Waals surface area contributed by atoms with Crippen LogP contribution >= 0.6 is 12.2 Å². The molecule has 0 amide bonds. The van der Waals surface area contributed by atoms with E-state index in [1.807, 2.05) is 6.92 Å². The highest BCUT2D eigenvalue weighted by molar-refractivity contribution is 7.80. The molecular formula is C7H10N4S. The molecule has 1 heterocycles. The molecule has 0 saturated heterocycles. The minimum Gasteiger partial charge on any atom is -0.388 e. The molecule has 0 bridgehead atoms. The van der Waals surface area contributed by atoms with Crippen LogP contribution < -0.4 is 11.5 Å². The van der Waals surface area contributed by atoms with Crippen LogP contribution in [0.1, 0.15) is 18.4 Å². The topological polar surface area (TPSA) is 77.8 Å². The Morgan fingerprint density at radius 1 is 1.58 bits per heavy atom. The lowest BCUT2D eigenvalue weighted by Crippen LogP contribution is -2.14. The molecule has 1 aromatic heterocycles. The zero-order chi connectivity index (χ0) is 9.14. The fourth-order valence-electron chi connectivity index (χ4n) is 0.802. The maximum absolute atomic E-state index is 5.51. The summed E-state index contributed by atoms with van der Waals surface area (Å²) in [5.41, 5.74) is 11.4. The number of nitrogen functional groups attached to an aromatic ring is 1. The minimum atomic E-state index is 0.249. The van der Waals surface area contributed by atoms with Gasteiger partial charge in [-0.05, 0) is 0 Å². The molecule has 64 valence electrons. The first-order valence-corrected chi connectivity index (χ1v) is 3.97. The summed E-state index contributed by atoms with van der Waals surface area (Å²) in [5.74, 6) is 1.07. The van der Waals surface area contributed by atoms with Crippen molar-refractivity contribution in [3.05, 3.63) is 17.6 Å². The molecule has 1 rings (SSSR count). The maximum atomic E-state index is 5.51. The number of aromatic nitrogens is 2. The molecule has 1 aromatic rings. The summed E-state index contributed by atoms with van der Waals surface area (Å²) < 4.78 is 0. The summed E-state index contributed by atoms with van der Waals surface area (Å²) in [6.45, 7) is 1.94. The molecule has 0 atom stereocenters. The van der Waals surface area contributed by atoms with Crippen LogP contribution in [-0.4, -0.2) is 15.0 Å². The van der Waals surface area contributed by atoms with Crippen molar-refractivity contribution < 1.29 is 0 Å². The Bertz CT molecular complexity index is 310. The molecule has 0 saturated carbocycles. The van der Waals surface area contributed by atoms with Crippen molar-refractivity contribution >= 4 is 23.0 Å². The Kier molecular flexibility index (Phi) is 2.54. The number of nitrogens with zero attached hydrogens (tertiary/aromatic N) is 2. The van der Waals surface area contributed by atoms with Crippen LogP contribution in [0, 0.1) is 0 Å². The van der Waals surface area contributed by atoms with Gasteiger partial charge in [0.25, 0.3) is 0 Å². The highest BCUT2D eigenvalue weighted by Gasteiger charge is 2.02. The Balaban J connectivity index is 3.15. The molecule has 4 nitrogen and oxygen atoms in total. The van der Waals surface area contributed by atoms with Crippen LogP contribution in [0.15, 0.2) is 6.07 Å². The van der Waals surface area contributed by atoms with Crippen molar-refractivity contribution in [2.75, 3.05) is 5.73 Å². The molecule has 4 N–H and O–H groups in total. The van der Waals surface area contributed by atoms with Gasteiger partial charge in [-0.3, -0.25) is 0 Å².